The van der Waals surface area contributed by atoms with Crippen LogP contribution in [-0.4, -0.2) is 23.9 Å². The number of nitrogens with one attached hydrogen (secondary N) is 1. The van der Waals surface area contributed by atoms with Crippen molar-refractivity contribution in [1.82, 2.24) is 0 Å². The molecule has 2 unspecified atom stereocenters. The number of hydrogen-bond acceptors (Lipinski definition) is 6. The van der Waals surface area contributed by atoms with E-state index in [2.05, 4.69) is 5.32 Å². The molecule has 0 radical (unpaired) electrons. The van der Waals surface area contributed by atoms with Crippen LogP contribution in [0.1, 0.15) is 6.92 Å². The minimum Gasteiger partial charge on any atom is -0.359 e. The Morgan fingerprint density at radius 3 is 3.05 bits per heavy atom. The number of epoxide rings is 1. The van der Waals surface area contributed by atoms with Crippen LogP contribution in [0.2, 0.25) is 5.02 Å². The van der Waals surface area contributed by atoms with Gasteiger partial charge in [-0.15, -0.1) is 0 Å². The van der Waals surface area contributed by atoms with E-state index in [1.54, 1.807) is 0 Å². The van der Waals surface area contributed by atoms with Crippen LogP contribution in [0.25, 0.3) is 0 Å². The van der Waals surface area contributed by atoms with E-state index in [0.717, 1.165) is 0 Å². The smallest absolute Gasteiger partial charge is 0.271 e. The second-order valence-electron chi connectivity index (χ2n) is 4.16. The van der Waals surface area contributed by atoms with Crippen molar-refractivity contribution in [2.75, 3.05) is 11.9 Å². The lowest BCUT2D eigenvalue weighted by Crippen LogP contribution is -2.03. The highest BCUT2D eigenvalue weighted by atomic mass is 35.5. The van der Waals surface area contributed by atoms with Crippen molar-refractivity contribution < 1.29 is 14.4 Å². The molecule has 1 aromatic carbocycles. The van der Waals surface area contributed by atoms with Crippen LogP contribution in [-0.2, 0) is 9.47 Å². The summed E-state index contributed by atoms with van der Waals surface area (Å²) in [7, 11) is 0. The van der Waals surface area contributed by atoms with Gasteiger partial charge in [0.05, 0.1) is 27.3 Å². The molecule has 1 heterocycles. The molecule has 2 rings (SSSR count). The van der Waals surface area contributed by atoms with Crippen LogP contribution in [0.4, 0.5) is 11.4 Å². The van der Waals surface area contributed by atoms with Gasteiger partial charge in [0, 0.05) is 24.9 Å². The fourth-order valence-corrected chi connectivity index (χ4v) is 1.91. The van der Waals surface area contributed by atoms with Crippen molar-refractivity contribution >= 4 is 23.0 Å². The normalized spacial score (nSPS) is 20.7. The van der Waals surface area contributed by atoms with E-state index in [1.807, 2.05) is 13.0 Å². The summed E-state index contributed by atoms with van der Waals surface area (Å²) in [6, 6.07) is 6.05. The molecule has 1 aromatic rings. The molecule has 2 atom stereocenters. The van der Waals surface area contributed by atoms with Crippen LogP contribution in [0.5, 0.6) is 0 Å². The van der Waals surface area contributed by atoms with Gasteiger partial charge in [-0.25, -0.2) is 0 Å². The molecule has 1 fully saturated rings. The standard InChI is InChI=1S/C13H12ClN3O4/c1-2-20-13-12(21-13)8(6-15)7-16-11-4-3-9(17(18)19)5-10(11)14/h3-5,7,12-13,16H,2H2,1H3/b8-7-. The van der Waals surface area contributed by atoms with Crippen LogP contribution < -0.4 is 5.32 Å². The predicted molar refractivity (Wildman–Crippen MR) is 75.7 cm³/mol. The lowest BCUT2D eigenvalue weighted by Gasteiger charge is -2.04. The maximum absolute atomic E-state index is 10.6. The molecule has 0 aromatic heterocycles. The number of ether oxygens (including phenoxy) is 2. The first-order valence-electron chi connectivity index (χ1n) is 6.14. The highest BCUT2D eigenvalue weighted by Gasteiger charge is 2.43. The van der Waals surface area contributed by atoms with E-state index < -0.39 is 11.2 Å². The van der Waals surface area contributed by atoms with Gasteiger partial charge in [0.1, 0.15) is 6.10 Å². The first kappa shape index (κ1) is 15.3. The molecule has 1 N–H and O–H groups in total. The van der Waals surface area contributed by atoms with Crippen LogP contribution in [0, 0.1) is 21.4 Å². The predicted octanol–water partition coefficient (Wildman–Crippen LogP) is 2.83. The summed E-state index contributed by atoms with van der Waals surface area (Å²) in [5.41, 5.74) is 0.725. The van der Waals surface area contributed by atoms with Gasteiger partial charge >= 0.3 is 0 Å². The zero-order valence-electron chi connectivity index (χ0n) is 11.1. The summed E-state index contributed by atoms with van der Waals surface area (Å²) in [6.07, 6.45) is 0.672. The van der Waals surface area contributed by atoms with Gasteiger partial charge in [-0.1, -0.05) is 11.6 Å². The third kappa shape index (κ3) is 3.70. The Kier molecular flexibility index (Phi) is 4.75. The number of rotatable bonds is 6. The molecular formula is C13H12ClN3O4. The van der Waals surface area contributed by atoms with E-state index >= 15 is 0 Å². The number of anilines is 1. The Labute approximate surface area is 125 Å². The minimum absolute atomic E-state index is 0.100. The summed E-state index contributed by atoms with van der Waals surface area (Å²) in [4.78, 5) is 10.1. The van der Waals surface area contributed by atoms with E-state index in [0.29, 0.717) is 17.9 Å². The third-order valence-corrected chi connectivity index (χ3v) is 3.08. The SMILES string of the molecule is CCOC1OC1/C(C#N)=C\Nc1ccc([N+](=O)[O-])cc1Cl. The quantitative estimate of drug-likeness (QED) is 0.375. The van der Waals surface area contributed by atoms with Crippen LogP contribution in [0.3, 0.4) is 0 Å². The van der Waals surface area contributed by atoms with E-state index in [-0.39, 0.29) is 16.8 Å². The molecule has 110 valence electrons. The van der Waals surface area contributed by atoms with Crippen molar-refractivity contribution in [2.45, 2.75) is 19.3 Å². The summed E-state index contributed by atoms with van der Waals surface area (Å²) >= 11 is 5.94. The Bertz CT molecular complexity index is 626. The summed E-state index contributed by atoms with van der Waals surface area (Å²) in [5, 5.41) is 22.7. The lowest BCUT2D eigenvalue weighted by molar-refractivity contribution is -0.384. The Morgan fingerprint density at radius 1 is 1.71 bits per heavy atom. The summed E-state index contributed by atoms with van der Waals surface area (Å²) in [6.45, 7) is 2.34. The van der Waals surface area contributed by atoms with Crippen LogP contribution >= 0.6 is 11.6 Å². The first-order chi connectivity index (χ1) is 10.1. The summed E-state index contributed by atoms with van der Waals surface area (Å²) in [5.74, 6) is 0. The van der Waals surface area contributed by atoms with Gasteiger partial charge in [-0.2, -0.15) is 5.26 Å². The van der Waals surface area contributed by atoms with Crippen LogP contribution in [0.15, 0.2) is 30.0 Å². The number of hydrogen-bond donors (Lipinski definition) is 1. The molecule has 21 heavy (non-hydrogen) atoms. The van der Waals surface area contributed by atoms with Crippen molar-refractivity contribution in [1.29, 1.82) is 5.26 Å². The minimum atomic E-state index is -0.531. The van der Waals surface area contributed by atoms with Crippen molar-refractivity contribution in [3.8, 4) is 6.07 Å². The molecule has 0 aliphatic carbocycles. The molecule has 8 heteroatoms. The fraction of sp³-hybridized carbons (Fsp3) is 0.308. The number of nitro groups is 1. The maximum Gasteiger partial charge on any atom is 0.271 e. The highest BCUT2D eigenvalue weighted by molar-refractivity contribution is 6.33. The molecule has 1 saturated heterocycles. The second kappa shape index (κ2) is 6.54. The number of benzene rings is 1. The maximum atomic E-state index is 10.6. The average molecular weight is 310 g/mol. The molecule has 7 nitrogen and oxygen atoms in total. The average Bonchev–Trinajstić information content (AvgIpc) is 3.20. The number of halogens is 1. The van der Waals surface area contributed by atoms with E-state index in [9.17, 15) is 10.1 Å². The number of non-ortho nitro benzene ring substituents is 1. The largest absolute Gasteiger partial charge is 0.359 e. The third-order valence-electron chi connectivity index (χ3n) is 2.76. The Hall–Kier alpha value is -2.14. The van der Waals surface area contributed by atoms with Gasteiger partial charge in [0.2, 0.25) is 0 Å². The number of nitro benzene ring substituents is 1. The topological polar surface area (TPSA) is 101 Å². The second-order valence-corrected chi connectivity index (χ2v) is 4.56. The van der Waals surface area contributed by atoms with Crippen molar-refractivity contribution in [3.63, 3.8) is 0 Å². The van der Waals surface area contributed by atoms with E-state index in [4.69, 9.17) is 26.3 Å². The molecule has 0 saturated carbocycles. The highest BCUT2D eigenvalue weighted by Crippen LogP contribution is 2.31. The van der Waals surface area contributed by atoms with Crippen molar-refractivity contribution in [3.05, 3.63) is 45.1 Å². The zero-order chi connectivity index (χ0) is 15.4. The number of nitriles is 1. The zero-order valence-corrected chi connectivity index (χ0v) is 11.8. The van der Waals surface area contributed by atoms with Gasteiger partial charge < -0.3 is 14.8 Å². The monoisotopic (exact) mass is 309 g/mol. The van der Waals surface area contributed by atoms with Gasteiger partial charge in [-0.3, -0.25) is 10.1 Å². The molecule has 0 spiro atoms. The van der Waals surface area contributed by atoms with E-state index in [1.165, 1.54) is 24.4 Å². The molecule has 1 aliphatic heterocycles. The van der Waals surface area contributed by atoms with Crippen molar-refractivity contribution in [2.24, 2.45) is 0 Å². The first-order valence-corrected chi connectivity index (χ1v) is 6.52. The molecule has 1 aliphatic rings. The fourth-order valence-electron chi connectivity index (χ4n) is 1.68. The number of nitrogens with zero attached hydrogens (tertiary/aromatic N) is 2. The Morgan fingerprint density at radius 2 is 2.48 bits per heavy atom. The van der Waals surface area contributed by atoms with Gasteiger partial charge in [-0.05, 0) is 13.0 Å². The van der Waals surface area contributed by atoms with Gasteiger partial charge in [0.15, 0.2) is 6.29 Å². The molecule has 0 bridgehead atoms. The molecular weight excluding hydrogens is 298 g/mol. The summed E-state index contributed by atoms with van der Waals surface area (Å²) < 4.78 is 10.4. The molecule has 0 amide bonds. The van der Waals surface area contributed by atoms with Gasteiger partial charge in [0.25, 0.3) is 5.69 Å². The Balaban J connectivity index is 2.06. The lowest BCUT2D eigenvalue weighted by atomic mass is 10.2.